The zero-order chi connectivity index (χ0) is 7.78. The molecule has 0 atom stereocenters. The molecule has 0 N–H and O–H groups in total. The van der Waals surface area contributed by atoms with Gasteiger partial charge < -0.3 is 0 Å². The van der Waals surface area contributed by atoms with Gasteiger partial charge in [0.1, 0.15) is 0 Å². The van der Waals surface area contributed by atoms with Crippen LogP contribution in [-0.2, 0) is 5.54 Å². The largest absolute Gasteiger partial charge is 0.234 e. The molecule has 0 bridgehead atoms. The van der Waals surface area contributed by atoms with Crippen LogP contribution in [0.5, 0.6) is 0 Å². The zero-order valence-corrected chi connectivity index (χ0v) is 8.32. The second-order valence-corrected chi connectivity index (χ2v) is 3.98. The van der Waals surface area contributed by atoms with Crippen molar-refractivity contribution in [3.05, 3.63) is 3.83 Å². The molecule has 1 rings (SSSR count). The minimum atomic E-state index is -0.0591. The van der Waals surface area contributed by atoms with Gasteiger partial charge in [0.2, 0.25) is 3.83 Å². The van der Waals surface area contributed by atoms with E-state index in [9.17, 15) is 0 Å². The highest BCUT2D eigenvalue weighted by molar-refractivity contribution is 14.1. The molecule has 0 aromatic carbocycles. The number of hydrogen-bond donors (Lipinski definition) is 0. The van der Waals surface area contributed by atoms with Gasteiger partial charge in [-0.15, -0.1) is 10.2 Å². The first-order valence-electron chi connectivity index (χ1n) is 2.96. The van der Waals surface area contributed by atoms with E-state index in [0.29, 0.717) is 3.83 Å². The Balaban J connectivity index is 2.96. The molecule has 10 heavy (non-hydrogen) atoms. The first-order valence-corrected chi connectivity index (χ1v) is 4.04. The summed E-state index contributed by atoms with van der Waals surface area (Å²) in [4.78, 5) is 1.61. The fourth-order valence-electron chi connectivity index (χ4n) is 0.482. The van der Waals surface area contributed by atoms with E-state index in [-0.39, 0.29) is 5.54 Å². The van der Waals surface area contributed by atoms with Crippen LogP contribution in [0.4, 0.5) is 0 Å². The van der Waals surface area contributed by atoms with Crippen LogP contribution < -0.4 is 0 Å². The summed E-state index contributed by atoms with van der Waals surface area (Å²) < 4.78 is 0.688. The van der Waals surface area contributed by atoms with Crippen molar-refractivity contribution in [1.82, 2.24) is 20.2 Å². The van der Waals surface area contributed by atoms with Crippen molar-refractivity contribution >= 4 is 22.6 Å². The SMILES string of the molecule is CC(C)(C)n1nnc(I)n1. The first kappa shape index (κ1) is 7.90. The predicted octanol–water partition coefficient (Wildman–Crippen LogP) is 1.03. The van der Waals surface area contributed by atoms with E-state index in [1.54, 1.807) is 4.80 Å². The summed E-state index contributed by atoms with van der Waals surface area (Å²) in [5.41, 5.74) is -0.0591. The molecule has 0 unspecified atom stereocenters. The number of aromatic nitrogens is 4. The lowest BCUT2D eigenvalue weighted by Gasteiger charge is -2.14. The molecule has 0 saturated carbocycles. The molecular weight excluding hydrogens is 243 g/mol. The lowest BCUT2D eigenvalue weighted by molar-refractivity contribution is 0.305. The van der Waals surface area contributed by atoms with Gasteiger partial charge in [-0.1, -0.05) is 0 Å². The Bertz CT molecular complexity index is 224. The molecule has 1 aromatic heterocycles. The van der Waals surface area contributed by atoms with Gasteiger partial charge in [0, 0.05) is 22.6 Å². The normalized spacial score (nSPS) is 12.0. The summed E-state index contributed by atoms with van der Waals surface area (Å²) in [6.07, 6.45) is 0. The van der Waals surface area contributed by atoms with Crippen LogP contribution in [-0.4, -0.2) is 20.2 Å². The Morgan fingerprint density at radius 2 is 2.00 bits per heavy atom. The van der Waals surface area contributed by atoms with E-state index >= 15 is 0 Å². The van der Waals surface area contributed by atoms with Gasteiger partial charge in [-0.05, 0) is 26.0 Å². The van der Waals surface area contributed by atoms with E-state index in [0.717, 1.165) is 0 Å². The maximum Gasteiger partial charge on any atom is 0.234 e. The van der Waals surface area contributed by atoms with Crippen LogP contribution in [0, 0.1) is 3.83 Å². The molecule has 0 aliphatic carbocycles. The van der Waals surface area contributed by atoms with Gasteiger partial charge in [0.25, 0.3) is 0 Å². The molecule has 4 nitrogen and oxygen atoms in total. The summed E-state index contributed by atoms with van der Waals surface area (Å²) in [7, 11) is 0. The third-order valence-electron chi connectivity index (χ3n) is 0.989. The van der Waals surface area contributed by atoms with Crippen molar-refractivity contribution in [2.45, 2.75) is 26.3 Å². The molecular formula is C5H9IN4. The summed E-state index contributed by atoms with van der Waals surface area (Å²) in [6.45, 7) is 6.10. The monoisotopic (exact) mass is 252 g/mol. The molecule has 0 radical (unpaired) electrons. The second kappa shape index (κ2) is 2.44. The quantitative estimate of drug-likeness (QED) is 0.648. The van der Waals surface area contributed by atoms with Crippen molar-refractivity contribution in [3.63, 3.8) is 0 Å². The van der Waals surface area contributed by atoms with Gasteiger partial charge in [-0.2, -0.15) is 4.80 Å². The number of rotatable bonds is 0. The van der Waals surface area contributed by atoms with Crippen molar-refractivity contribution in [1.29, 1.82) is 0 Å². The highest BCUT2D eigenvalue weighted by atomic mass is 127. The number of hydrogen-bond acceptors (Lipinski definition) is 3. The highest BCUT2D eigenvalue weighted by Gasteiger charge is 2.15. The van der Waals surface area contributed by atoms with Crippen LogP contribution in [0.15, 0.2) is 0 Å². The summed E-state index contributed by atoms with van der Waals surface area (Å²) in [5, 5.41) is 11.7. The average molecular weight is 252 g/mol. The second-order valence-electron chi connectivity index (χ2n) is 3.02. The Morgan fingerprint density at radius 3 is 2.20 bits per heavy atom. The van der Waals surface area contributed by atoms with Crippen LogP contribution in [0.3, 0.4) is 0 Å². The third-order valence-corrected chi connectivity index (χ3v) is 1.42. The molecule has 0 saturated heterocycles. The molecule has 0 fully saturated rings. The molecule has 1 heterocycles. The molecule has 0 aliphatic heterocycles. The maximum atomic E-state index is 4.06. The first-order chi connectivity index (χ1) is 4.50. The van der Waals surface area contributed by atoms with Gasteiger partial charge >= 0.3 is 0 Å². The molecule has 0 amide bonds. The van der Waals surface area contributed by atoms with Crippen LogP contribution in [0.2, 0.25) is 0 Å². The fourth-order valence-corrected chi connectivity index (χ4v) is 0.782. The standard InChI is InChI=1S/C5H9IN4/c1-5(2,3)10-8-4(6)7-9-10/h1-3H3. The minimum absolute atomic E-state index is 0.0591. The van der Waals surface area contributed by atoms with Gasteiger partial charge in [0.05, 0.1) is 5.54 Å². The summed E-state index contributed by atoms with van der Waals surface area (Å²) in [5.74, 6) is 0. The van der Waals surface area contributed by atoms with Gasteiger partial charge in [-0.3, -0.25) is 0 Å². The summed E-state index contributed by atoms with van der Waals surface area (Å²) >= 11 is 2.04. The molecule has 0 aliphatic rings. The topological polar surface area (TPSA) is 43.6 Å². The molecule has 0 spiro atoms. The number of halogens is 1. The lowest BCUT2D eigenvalue weighted by Crippen LogP contribution is -2.24. The van der Waals surface area contributed by atoms with E-state index < -0.39 is 0 Å². The Kier molecular flexibility index (Phi) is 1.93. The zero-order valence-electron chi connectivity index (χ0n) is 6.17. The molecule has 1 aromatic rings. The van der Waals surface area contributed by atoms with E-state index in [1.165, 1.54) is 0 Å². The molecule has 56 valence electrons. The van der Waals surface area contributed by atoms with Crippen LogP contribution >= 0.6 is 22.6 Å². The Morgan fingerprint density at radius 1 is 1.40 bits per heavy atom. The van der Waals surface area contributed by atoms with Crippen molar-refractivity contribution in [2.24, 2.45) is 0 Å². The number of tetrazole rings is 1. The van der Waals surface area contributed by atoms with Gasteiger partial charge in [0.15, 0.2) is 0 Å². The van der Waals surface area contributed by atoms with Gasteiger partial charge in [-0.25, -0.2) is 0 Å². The smallest absolute Gasteiger partial charge is 0.158 e. The Hall–Kier alpha value is -0.200. The summed E-state index contributed by atoms with van der Waals surface area (Å²) in [6, 6.07) is 0. The Labute approximate surface area is 73.1 Å². The highest BCUT2D eigenvalue weighted by Crippen LogP contribution is 2.09. The number of nitrogens with zero attached hydrogens (tertiary/aromatic N) is 4. The lowest BCUT2D eigenvalue weighted by atomic mass is 10.1. The minimum Gasteiger partial charge on any atom is -0.158 e. The van der Waals surface area contributed by atoms with Crippen molar-refractivity contribution in [3.8, 4) is 0 Å². The predicted molar refractivity (Wildman–Crippen MR) is 45.5 cm³/mol. The maximum absolute atomic E-state index is 4.06. The van der Waals surface area contributed by atoms with E-state index in [2.05, 4.69) is 15.4 Å². The van der Waals surface area contributed by atoms with E-state index in [1.807, 2.05) is 43.4 Å². The van der Waals surface area contributed by atoms with E-state index in [4.69, 9.17) is 0 Å². The third kappa shape index (κ3) is 1.65. The van der Waals surface area contributed by atoms with Crippen molar-refractivity contribution in [2.75, 3.05) is 0 Å². The van der Waals surface area contributed by atoms with Crippen LogP contribution in [0.1, 0.15) is 20.8 Å². The molecule has 5 heteroatoms. The van der Waals surface area contributed by atoms with Crippen molar-refractivity contribution < 1.29 is 0 Å². The average Bonchev–Trinajstić information content (AvgIpc) is 2.11. The van der Waals surface area contributed by atoms with Crippen LogP contribution in [0.25, 0.3) is 0 Å². The fraction of sp³-hybridized carbons (Fsp3) is 0.800.